The summed E-state index contributed by atoms with van der Waals surface area (Å²) in [7, 11) is 1.66. The van der Waals surface area contributed by atoms with Crippen LogP contribution in [0.5, 0.6) is 5.75 Å². The quantitative estimate of drug-likeness (QED) is 0.934. The Labute approximate surface area is 120 Å². The van der Waals surface area contributed by atoms with Gasteiger partial charge < -0.3 is 15.0 Å². The maximum Gasteiger partial charge on any atom is 0.240 e. The molecular formula is C13H16BrN3O2. The van der Waals surface area contributed by atoms with Gasteiger partial charge in [0.2, 0.25) is 11.7 Å². The minimum absolute atomic E-state index is 0.237. The van der Waals surface area contributed by atoms with E-state index in [9.17, 15) is 0 Å². The van der Waals surface area contributed by atoms with Crippen molar-refractivity contribution >= 4 is 15.9 Å². The average Bonchev–Trinajstić information content (AvgIpc) is 2.86. The number of aromatic nitrogens is 2. The first-order valence-corrected chi connectivity index (χ1v) is 6.76. The van der Waals surface area contributed by atoms with Crippen LogP contribution in [0.15, 0.2) is 21.1 Å². The molecule has 5 nitrogen and oxygen atoms in total. The number of hydrogen-bond acceptors (Lipinski definition) is 5. The van der Waals surface area contributed by atoms with Crippen molar-refractivity contribution in [1.82, 2.24) is 10.1 Å². The summed E-state index contributed by atoms with van der Waals surface area (Å²) in [6, 6.07) is 3.93. The summed E-state index contributed by atoms with van der Waals surface area (Å²) in [6.45, 7) is 4.45. The van der Waals surface area contributed by atoms with E-state index in [1.54, 1.807) is 7.11 Å². The van der Waals surface area contributed by atoms with Gasteiger partial charge in [0, 0.05) is 5.56 Å². The van der Waals surface area contributed by atoms with Gasteiger partial charge >= 0.3 is 0 Å². The molecule has 1 aromatic carbocycles. The molecule has 6 heteroatoms. The van der Waals surface area contributed by atoms with E-state index < -0.39 is 0 Å². The lowest BCUT2D eigenvalue weighted by Crippen LogP contribution is -1.98. The molecule has 0 atom stereocenters. The lowest BCUT2D eigenvalue weighted by atomic mass is 9.99. The van der Waals surface area contributed by atoms with Crippen molar-refractivity contribution < 1.29 is 9.26 Å². The number of methoxy groups -OCH3 is 1. The SMILES string of the molecule is COc1c(Br)cc(-c2noc(CN)n2)cc1C(C)C. The molecule has 0 amide bonds. The molecule has 0 aliphatic heterocycles. The molecule has 2 rings (SSSR count). The van der Waals surface area contributed by atoms with Crippen LogP contribution in [0.3, 0.4) is 0 Å². The Morgan fingerprint density at radius 2 is 2.16 bits per heavy atom. The Morgan fingerprint density at radius 3 is 2.68 bits per heavy atom. The maximum absolute atomic E-state index is 5.47. The molecule has 0 fully saturated rings. The lowest BCUT2D eigenvalue weighted by molar-refractivity contribution is 0.380. The van der Waals surface area contributed by atoms with Gasteiger partial charge in [-0.05, 0) is 39.5 Å². The van der Waals surface area contributed by atoms with Crippen LogP contribution in [0, 0.1) is 0 Å². The van der Waals surface area contributed by atoms with Crippen molar-refractivity contribution in [3.05, 3.63) is 28.1 Å². The third-order valence-electron chi connectivity index (χ3n) is 2.80. The fraction of sp³-hybridized carbons (Fsp3) is 0.385. The summed E-state index contributed by atoms with van der Waals surface area (Å²) < 4.78 is 11.3. The van der Waals surface area contributed by atoms with Crippen molar-refractivity contribution in [2.75, 3.05) is 7.11 Å². The van der Waals surface area contributed by atoms with Crippen LogP contribution in [0.1, 0.15) is 31.2 Å². The van der Waals surface area contributed by atoms with Crippen molar-refractivity contribution in [2.45, 2.75) is 26.3 Å². The van der Waals surface area contributed by atoms with Crippen LogP contribution in [0.4, 0.5) is 0 Å². The number of benzene rings is 1. The summed E-state index contributed by atoms with van der Waals surface area (Å²) in [5.41, 5.74) is 7.43. The Morgan fingerprint density at radius 1 is 1.42 bits per heavy atom. The molecule has 0 unspecified atom stereocenters. The van der Waals surface area contributed by atoms with E-state index in [-0.39, 0.29) is 6.54 Å². The predicted octanol–water partition coefficient (Wildman–Crippen LogP) is 3.09. The second-order valence-corrected chi connectivity index (χ2v) is 5.31. The predicted molar refractivity (Wildman–Crippen MR) is 76.0 cm³/mol. The number of nitrogens with two attached hydrogens (primary N) is 1. The highest BCUT2D eigenvalue weighted by Crippen LogP contribution is 2.37. The van der Waals surface area contributed by atoms with Gasteiger partial charge in [0.1, 0.15) is 5.75 Å². The zero-order valence-electron chi connectivity index (χ0n) is 11.1. The maximum atomic E-state index is 5.47. The van der Waals surface area contributed by atoms with Crippen LogP contribution in [0.25, 0.3) is 11.4 Å². The van der Waals surface area contributed by atoms with E-state index in [0.29, 0.717) is 17.6 Å². The van der Waals surface area contributed by atoms with Crippen LogP contribution >= 0.6 is 15.9 Å². The van der Waals surface area contributed by atoms with Crippen LogP contribution in [-0.2, 0) is 6.54 Å². The van der Waals surface area contributed by atoms with Gasteiger partial charge in [-0.15, -0.1) is 0 Å². The molecule has 0 saturated heterocycles. The summed E-state index contributed by atoms with van der Waals surface area (Å²) in [4.78, 5) is 4.23. The number of nitrogens with zero attached hydrogens (tertiary/aromatic N) is 2. The molecule has 19 heavy (non-hydrogen) atoms. The number of ether oxygens (including phenoxy) is 1. The van der Waals surface area contributed by atoms with E-state index >= 15 is 0 Å². The minimum Gasteiger partial charge on any atom is -0.495 e. The molecule has 102 valence electrons. The summed E-state index contributed by atoms with van der Waals surface area (Å²) in [5.74, 6) is 2.12. The Hall–Kier alpha value is -1.40. The second-order valence-electron chi connectivity index (χ2n) is 4.45. The molecular weight excluding hydrogens is 310 g/mol. The van der Waals surface area contributed by atoms with E-state index in [1.165, 1.54) is 0 Å². The van der Waals surface area contributed by atoms with Crippen molar-refractivity contribution in [1.29, 1.82) is 0 Å². The van der Waals surface area contributed by atoms with E-state index in [1.807, 2.05) is 12.1 Å². The molecule has 0 radical (unpaired) electrons. The highest BCUT2D eigenvalue weighted by molar-refractivity contribution is 9.10. The molecule has 0 spiro atoms. The monoisotopic (exact) mass is 325 g/mol. The lowest BCUT2D eigenvalue weighted by Gasteiger charge is -2.14. The third-order valence-corrected chi connectivity index (χ3v) is 3.39. The van der Waals surface area contributed by atoms with Crippen LogP contribution in [0.2, 0.25) is 0 Å². The van der Waals surface area contributed by atoms with E-state index in [0.717, 1.165) is 21.3 Å². The van der Waals surface area contributed by atoms with E-state index in [4.69, 9.17) is 15.0 Å². The van der Waals surface area contributed by atoms with Crippen molar-refractivity contribution in [2.24, 2.45) is 5.73 Å². The summed E-state index contributed by atoms with van der Waals surface area (Å²) in [5, 5.41) is 3.93. The van der Waals surface area contributed by atoms with Gasteiger partial charge in [-0.25, -0.2) is 0 Å². The van der Waals surface area contributed by atoms with Gasteiger partial charge in [-0.3, -0.25) is 0 Å². The average molecular weight is 326 g/mol. The van der Waals surface area contributed by atoms with Gasteiger partial charge in [-0.1, -0.05) is 19.0 Å². The molecule has 2 N–H and O–H groups in total. The molecule has 0 aliphatic rings. The van der Waals surface area contributed by atoms with Gasteiger partial charge in [0.15, 0.2) is 0 Å². The first-order valence-electron chi connectivity index (χ1n) is 5.97. The first-order chi connectivity index (χ1) is 9.06. The second kappa shape index (κ2) is 5.71. The molecule has 1 aromatic heterocycles. The molecule has 0 bridgehead atoms. The number of halogens is 1. The molecule has 1 heterocycles. The summed E-state index contributed by atoms with van der Waals surface area (Å²) in [6.07, 6.45) is 0. The standard InChI is InChI=1S/C13H16BrN3O2/c1-7(2)9-4-8(5-10(14)12(9)18-3)13-16-11(6-15)19-17-13/h4-5,7H,6,15H2,1-3H3. The first kappa shape index (κ1) is 14.0. The highest BCUT2D eigenvalue weighted by atomic mass is 79.9. The normalized spacial score (nSPS) is 11.1. The number of rotatable bonds is 4. The molecule has 2 aromatic rings. The van der Waals surface area contributed by atoms with Gasteiger partial charge in [-0.2, -0.15) is 4.98 Å². The van der Waals surface area contributed by atoms with Crippen molar-refractivity contribution in [3.63, 3.8) is 0 Å². The largest absolute Gasteiger partial charge is 0.495 e. The Bertz CT molecular complexity index is 581. The smallest absolute Gasteiger partial charge is 0.240 e. The van der Waals surface area contributed by atoms with Crippen LogP contribution < -0.4 is 10.5 Å². The molecule has 0 aliphatic carbocycles. The Kier molecular flexibility index (Phi) is 4.21. The molecule has 0 saturated carbocycles. The fourth-order valence-electron chi connectivity index (χ4n) is 1.84. The zero-order chi connectivity index (χ0) is 14.0. The van der Waals surface area contributed by atoms with Gasteiger partial charge in [0.25, 0.3) is 0 Å². The van der Waals surface area contributed by atoms with Crippen molar-refractivity contribution in [3.8, 4) is 17.1 Å². The van der Waals surface area contributed by atoms with Gasteiger partial charge in [0.05, 0.1) is 18.1 Å². The van der Waals surface area contributed by atoms with Crippen LogP contribution in [-0.4, -0.2) is 17.3 Å². The summed E-state index contributed by atoms with van der Waals surface area (Å²) >= 11 is 3.51. The fourth-order valence-corrected chi connectivity index (χ4v) is 2.48. The zero-order valence-corrected chi connectivity index (χ0v) is 12.7. The highest BCUT2D eigenvalue weighted by Gasteiger charge is 2.16. The topological polar surface area (TPSA) is 74.2 Å². The minimum atomic E-state index is 0.237. The number of hydrogen-bond donors (Lipinski definition) is 1. The van der Waals surface area contributed by atoms with E-state index in [2.05, 4.69) is 39.9 Å². The third kappa shape index (κ3) is 2.79. The Balaban J connectivity index is 2.53.